The highest BCUT2D eigenvalue weighted by Crippen LogP contribution is 2.44. The zero-order chi connectivity index (χ0) is 30.2. The quantitative estimate of drug-likeness (QED) is 0.332. The van der Waals surface area contributed by atoms with Gasteiger partial charge in [0.15, 0.2) is 0 Å². The highest BCUT2D eigenvalue weighted by molar-refractivity contribution is 9.10. The molecular formula is C33H37BrN4O5. The molecule has 3 heterocycles. The Balaban J connectivity index is 1.38. The van der Waals surface area contributed by atoms with Gasteiger partial charge in [-0.15, -0.1) is 0 Å². The van der Waals surface area contributed by atoms with Gasteiger partial charge < -0.3 is 24.2 Å². The van der Waals surface area contributed by atoms with Crippen molar-refractivity contribution >= 4 is 33.7 Å². The van der Waals surface area contributed by atoms with Crippen molar-refractivity contribution in [1.29, 1.82) is 0 Å². The maximum absolute atomic E-state index is 14.3. The summed E-state index contributed by atoms with van der Waals surface area (Å²) in [5.74, 6) is -0.971. The summed E-state index contributed by atoms with van der Waals surface area (Å²) in [5, 5.41) is 9.99. The number of carboxylic acid groups (broad SMARTS) is 1. The van der Waals surface area contributed by atoms with E-state index < -0.39 is 23.8 Å². The molecule has 0 radical (unpaired) electrons. The van der Waals surface area contributed by atoms with Crippen LogP contribution in [-0.2, 0) is 29.2 Å². The number of nitrogens with zero attached hydrogens (tertiary/aromatic N) is 4. The molecule has 6 rings (SSSR count). The van der Waals surface area contributed by atoms with E-state index in [1.807, 2.05) is 47.5 Å². The molecule has 1 aromatic heterocycles. The van der Waals surface area contributed by atoms with Gasteiger partial charge in [0.2, 0.25) is 5.91 Å². The van der Waals surface area contributed by atoms with E-state index >= 15 is 0 Å². The van der Waals surface area contributed by atoms with Crippen LogP contribution in [0.25, 0.3) is 0 Å². The van der Waals surface area contributed by atoms with Gasteiger partial charge in [-0.05, 0) is 62.4 Å². The molecule has 0 saturated heterocycles. The Bertz CT molecular complexity index is 1550. The van der Waals surface area contributed by atoms with Gasteiger partial charge in [-0.2, -0.15) is 0 Å². The van der Waals surface area contributed by atoms with E-state index in [4.69, 9.17) is 4.74 Å². The smallest absolute Gasteiger partial charge is 0.307 e. The number of imidazole rings is 1. The second-order valence-electron chi connectivity index (χ2n) is 12.0. The van der Waals surface area contributed by atoms with Gasteiger partial charge in [0.25, 0.3) is 5.91 Å². The van der Waals surface area contributed by atoms with Gasteiger partial charge in [-0.3, -0.25) is 14.4 Å². The molecule has 2 amide bonds. The third kappa shape index (κ3) is 5.57. The maximum atomic E-state index is 14.3. The summed E-state index contributed by atoms with van der Waals surface area (Å²) in [6.07, 6.45) is 6.99. The number of carbonyl (C=O) groups excluding carboxylic acids is 2. The lowest BCUT2D eigenvalue weighted by molar-refractivity contribution is -0.153. The van der Waals surface area contributed by atoms with Gasteiger partial charge in [-0.25, -0.2) is 4.98 Å². The van der Waals surface area contributed by atoms with Crippen molar-refractivity contribution in [2.75, 3.05) is 13.1 Å². The van der Waals surface area contributed by atoms with Crippen molar-refractivity contribution in [3.05, 3.63) is 81.3 Å². The molecule has 10 heteroatoms. The van der Waals surface area contributed by atoms with Crippen LogP contribution in [0.3, 0.4) is 0 Å². The molecule has 1 aliphatic carbocycles. The Morgan fingerprint density at radius 1 is 1.12 bits per heavy atom. The molecule has 226 valence electrons. The molecule has 1 saturated carbocycles. The lowest BCUT2D eigenvalue weighted by atomic mass is 9.77. The number of benzene rings is 2. The first-order chi connectivity index (χ1) is 20.7. The zero-order valence-corrected chi connectivity index (χ0v) is 26.1. The Morgan fingerprint density at radius 3 is 2.63 bits per heavy atom. The summed E-state index contributed by atoms with van der Waals surface area (Å²) in [5.41, 5.74) is 3.55. The third-order valence-electron chi connectivity index (χ3n) is 9.21. The van der Waals surface area contributed by atoms with E-state index in [1.165, 1.54) is 0 Å². The molecule has 1 unspecified atom stereocenters. The molecule has 0 spiro atoms. The van der Waals surface area contributed by atoms with Crippen LogP contribution in [0, 0.1) is 11.8 Å². The topological polar surface area (TPSA) is 105 Å². The van der Waals surface area contributed by atoms with Crippen molar-refractivity contribution in [2.24, 2.45) is 11.8 Å². The van der Waals surface area contributed by atoms with Crippen LogP contribution in [0.2, 0.25) is 0 Å². The number of carbonyl (C=O) groups is 3. The van der Waals surface area contributed by atoms with E-state index in [0.717, 1.165) is 39.8 Å². The molecule has 3 aromatic rings. The van der Waals surface area contributed by atoms with Gasteiger partial charge in [0.05, 0.1) is 17.9 Å². The summed E-state index contributed by atoms with van der Waals surface area (Å²) in [6, 6.07) is 11.2. The van der Waals surface area contributed by atoms with Gasteiger partial charge in [0, 0.05) is 53.7 Å². The lowest BCUT2D eigenvalue weighted by Crippen LogP contribution is -2.50. The predicted octanol–water partition coefficient (Wildman–Crippen LogP) is 5.78. The summed E-state index contributed by atoms with van der Waals surface area (Å²) in [6.45, 7) is 5.61. The van der Waals surface area contributed by atoms with Crippen molar-refractivity contribution in [2.45, 2.75) is 71.2 Å². The standard InChI is InChI=1S/C33H37BrN4O5/c1-20(2)37-16-14-35-29(37)19-43-28-12-11-26(34)25-13-15-38(32(40)23-9-5-6-10-24(23)33(41)42)27(30(25)28)18-36-17-21-7-3-4-8-22(21)31(36)39/h3-4,7-8,11-12,14,16,20,23-24,27H,5-6,9-10,13,15,17-19H2,1-2H3,(H,41,42)/t23?,24-,27-/m1/s1. The number of rotatable bonds is 8. The van der Waals surface area contributed by atoms with Crippen LogP contribution >= 0.6 is 15.9 Å². The first-order valence-electron chi connectivity index (χ1n) is 15.1. The van der Waals surface area contributed by atoms with Crippen LogP contribution < -0.4 is 4.74 Å². The molecule has 9 nitrogen and oxygen atoms in total. The van der Waals surface area contributed by atoms with Crippen LogP contribution in [0.1, 0.15) is 84.5 Å². The maximum Gasteiger partial charge on any atom is 0.307 e. The highest BCUT2D eigenvalue weighted by atomic mass is 79.9. The Hall–Kier alpha value is -3.66. The number of halogens is 1. The second-order valence-corrected chi connectivity index (χ2v) is 12.9. The molecule has 0 bridgehead atoms. The van der Waals surface area contributed by atoms with E-state index in [9.17, 15) is 19.5 Å². The Morgan fingerprint density at radius 2 is 1.88 bits per heavy atom. The van der Waals surface area contributed by atoms with Crippen LogP contribution in [0.15, 0.2) is 53.3 Å². The Kier molecular flexibility index (Phi) is 8.31. The van der Waals surface area contributed by atoms with Crippen LogP contribution in [0.5, 0.6) is 5.75 Å². The number of aliphatic carboxylic acids is 1. The first-order valence-corrected chi connectivity index (χ1v) is 15.9. The number of amides is 2. The average molecular weight is 650 g/mol. The second kappa shape index (κ2) is 12.1. The van der Waals surface area contributed by atoms with E-state index in [0.29, 0.717) is 43.7 Å². The third-order valence-corrected chi connectivity index (χ3v) is 9.95. The number of hydrogen-bond donors (Lipinski definition) is 1. The number of fused-ring (bicyclic) bond motifs is 2. The average Bonchev–Trinajstić information content (AvgIpc) is 3.61. The molecule has 3 aliphatic rings. The molecule has 43 heavy (non-hydrogen) atoms. The van der Waals surface area contributed by atoms with Crippen LogP contribution in [0.4, 0.5) is 0 Å². The zero-order valence-electron chi connectivity index (χ0n) is 24.5. The number of carboxylic acids is 1. The summed E-state index contributed by atoms with van der Waals surface area (Å²) < 4.78 is 9.46. The van der Waals surface area contributed by atoms with E-state index in [2.05, 4.69) is 39.3 Å². The minimum Gasteiger partial charge on any atom is -0.485 e. The van der Waals surface area contributed by atoms with Crippen LogP contribution in [-0.4, -0.2) is 55.3 Å². The van der Waals surface area contributed by atoms with Gasteiger partial charge in [0.1, 0.15) is 18.2 Å². The molecule has 1 N–H and O–H groups in total. The Labute approximate surface area is 260 Å². The molecule has 1 fully saturated rings. The number of ether oxygens (including phenoxy) is 1. The summed E-state index contributed by atoms with van der Waals surface area (Å²) in [4.78, 5) is 48.2. The minimum absolute atomic E-state index is 0.0624. The lowest BCUT2D eigenvalue weighted by Gasteiger charge is -2.43. The minimum atomic E-state index is -0.912. The van der Waals surface area contributed by atoms with Crippen molar-refractivity contribution in [3.63, 3.8) is 0 Å². The number of aromatic nitrogens is 2. The van der Waals surface area contributed by atoms with Crippen molar-refractivity contribution in [3.8, 4) is 5.75 Å². The van der Waals surface area contributed by atoms with Gasteiger partial charge in [-0.1, -0.05) is 47.0 Å². The fraction of sp³-hybridized carbons (Fsp3) is 0.455. The first kappa shape index (κ1) is 29.4. The largest absolute Gasteiger partial charge is 0.485 e. The normalized spacial score (nSPS) is 21.6. The molecule has 2 aromatic carbocycles. The van der Waals surface area contributed by atoms with Gasteiger partial charge >= 0.3 is 5.97 Å². The molecular weight excluding hydrogens is 612 g/mol. The fourth-order valence-electron chi connectivity index (χ4n) is 7.03. The fourth-order valence-corrected chi connectivity index (χ4v) is 7.58. The van der Waals surface area contributed by atoms with Crippen molar-refractivity contribution in [1.82, 2.24) is 19.4 Å². The summed E-state index contributed by atoms with van der Waals surface area (Å²) >= 11 is 3.74. The van der Waals surface area contributed by atoms with E-state index in [-0.39, 0.29) is 31.0 Å². The SMILES string of the molecule is CC(C)n1ccnc1COc1ccc(Br)c2c1[C@@H](CN1Cc3ccccc3C1=O)N(C(=O)C1CCCC[C@H]1C(=O)O)CC2. The molecule has 3 atom stereocenters. The monoisotopic (exact) mass is 648 g/mol. The van der Waals surface area contributed by atoms with E-state index in [1.54, 1.807) is 11.1 Å². The highest BCUT2D eigenvalue weighted by Gasteiger charge is 2.44. The predicted molar refractivity (Wildman–Crippen MR) is 164 cm³/mol. The number of hydrogen-bond acceptors (Lipinski definition) is 5. The summed E-state index contributed by atoms with van der Waals surface area (Å²) in [7, 11) is 0. The van der Waals surface area contributed by atoms with Crippen molar-refractivity contribution < 1.29 is 24.2 Å². The molecule has 2 aliphatic heterocycles.